The molecule has 0 spiro atoms. The fraction of sp³-hybridized carbons (Fsp3) is 0.273. The van der Waals surface area contributed by atoms with Crippen LogP contribution in [0, 0.1) is 0 Å². The van der Waals surface area contributed by atoms with Gasteiger partial charge in [0.15, 0.2) is 0 Å². The molecule has 142 valence electrons. The lowest BCUT2D eigenvalue weighted by molar-refractivity contribution is 0.0930. The molecule has 0 saturated carbocycles. The van der Waals surface area contributed by atoms with Gasteiger partial charge in [-0.2, -0.15) is 0 Å². The monoisotopic (exact) mass is 391 g/mol. The van der Waals surface area contributed by atoms with Crippen molar-refractivity contribution < 1.29 is 9.59 Å². The summed E-state index contributed by atoms with van der Waals surface area (Å²) in [4.78, 5) is 25.0. The van der Waals surface area contributed by atoms with E-state index in [4.69, 9.17) is 0 Å². The van der Waals surface area contributed by atoms with Crippen molar-refractivity contribution in [3.63, 3.8) is 0 Å². The Morgan fingerprint density at radius 2 is 1.82 bits per heavy atom. The number of anilines is 1. The van der Waals surface area contributed by atoms with Gasteiger partial charge in [-0.1, -0.05) is 18.2 Å². The summed E-state index contributed by atoms with van der Waals surface area (Å²) in [6.45, 7) is 0. The third-order valence-electron chi connectivity index (χ3n) is 5.67. The zero-order chi connectivity index (χ0) is 19.1. The normalized spacial score (nSPS) is 23.1. The number of rotatable bonds is 4. The molecule has 0 aliphatic carbocycles. The van der Waals surface area contributed by atoms with Gasteiger partial charge in [-0.25, -0.2) is 0 Å². The van der Waals surface area contributed by atoms with Gasteiger partial charge in [-0.05, 0) is 61.0 Å². The molecule has 0 radical (unpaired) electrons. The topological polar surface area (TPSA) is 70.2 Å². The Hall–Kier alpha value is -2.70. The standard InChI is InChI=1S/C22H21N3O2S/c26-21(13-4-2-1-3-5-13)25-20-11-15-10-14(6-9-19(15)28-20)22(27)24-18-12-16-7-8-17(18)23-16/h1-6,9-11,16-18,23H,7-8,12H2,(H,24,27)(H,25,26)/t16-,17+,18-/m1/s1. The second-order valence-corrected chi connectivity index (χ2v) is 8.63. The van der Waals surface area contributed by atoms with Crippen LogP contribution in [0.4, 0.5) is 5.00 Å². The van der Waals surface area contributed by atoms with Crippen molar-refractivity contribution >= 4 is 38.2 Å². The van der Waals surface area contributed by atoms with Gasteiger partial charge in [0, 0.05) is 34.0 Å². The molecule has 6 heteroatoms. The van der Waals surface area contributed by atoms with Crippen molar-refractivity contribution in [3.8, 4) is 0 Å². The summed E-state index contributed by atoms with van der Waals surface area (Å²) in [6, 6.07) is 18.0. The quantitative estimate of drug-likeness (QED) is 0.634. The van der Waals surface area contributed by atoms with Crippen LogP contribution in [0.15, 0.2) is 54.6 Å². The van der Waals surface area contributed by atoms with Crippen LogP contribution in [0.1, 0.15) is 40.0 Å². The van der Waals surface area contributed by atoms with E-state index in [0.29, 0.717) is 23.2 Å². The Morgan fingerprint density at radius 3 is 2.57 bits per heavy atom. The van der Waals surface area contributed by atoms with Crippen LogP contribution in [0.5, 0.6) is 0 Å². The van der Waals surface area contributed by atoms with Gasteiger partial charge in [0.1, 0.15) is 0 Å². The number of amides is 2. The number of hydrogen-bond acceptors (Lipinski definition) is 4. The van der Waals surface area contributed by atoms with E-state index in [1.807, 2.05) is 42.5 Å². The second kappa shape index (κ2) is 7.04. The van der Waals surface area contributed by atoms with Crippen LogP contribution < -0.4 is 16.0 Å². The smallest absolute Gasteiger partial charge is 0.256 e. The SMILES string of the molecule is O=C(Nc1cc2cc(C(=O)N[C@@H]3C[C@H]4CC[C@@H]3N4)ccc2s1)c1ccccc1. The molecule has 3 atom stereocenters. The third kappa shape index (κ3) is 3.30. The van der Waals surface area contributed by atoms with E-state index >= 15 is 0 Å². The van der Waals surface area contributed by atoms with Crippen molar-refractivity contribution in [2.24, 2.45) is 0 Å². The molecular weight excluding hydrogens is 370 g/mol. The summed E-state index contributed by atoms with van der Waals surface area (Å²) in [7, 11) is 0. The van der Waals surface area contributed by atoms with E-state index in [2.05, 4.69) is 16.0 Å². The van der Waals surface area contributed by atoms with Crippen LogP contribution in [0.3, 0.4) is 0 Å². The third-order valence-corrected chi connectivity index (χ3v) is 6.70. The molecule has 2 amide bonds. The molecule has 2 aliphatic rings. The van der Waals surface area contributed by atoms with E-state index in [1.165, 1.54) is 17.8 Å². The summed E-state index contributed by atoms with van der Waals surface area (Å²) >= 11 is 1.51. The Morgan fingerprint density at radius 1 is 0.964 bits per heavy atom. The van der Waals surface area contributed by atoms with E-state index in [0.717, 1.165) is 27.9 Å². The van der Waals surface area contributed by atoms with E-state index in [-0.39, 0.29) is 17.9 Å². The maximum Gasteiger partial charge on any atom is 0.256 e. The fourth-order valence-corrected chi connectivity index (χ4v) is 5.19. The Bertz CT molecular complexity index is 1050. The zero-order valence-electron chi connectivity index (χ0n) is 15.3. The first-order valence-corrected chi connectivity index (χ1v) is 10.4. The van der Waals surface area contributed by atoms with Crippen LogP contribution in [-0.4, -0.2) is 29.9 Å². The Balaban J connectivity index is 1.31. The molecule has 1 aromatic heterocycles. The van der Waals surface area contributed by atoms with Gasteiger partial charge in [-0.15, -0.1) is 11.3 Å². The fourth-order valence-electron chi connectivity index (χ4n) is 4.26. The lowest BCUT2D eigenvalue weighted by Gasteiger charge is -2.21. The Labute approximate surface area is 167 Å². The summed E-state index contributed by atoms with van der Waals surface area (Å²) in [6.07, 6.45) is 3.38. The lowest BCUT2D eigenvalue weighted by Crippen LogP contribution is -2.42. The molecule has 2 fully saturated rings. The van der Waals surface area contributed by atoms with Crippen molar-refractivity contribution in [1.82, 2.24) is 10.6 Å². The summed E-state index contributed by atoms with van der Waals surface area (Å²) < 4.78 is 1.04. The minimum absolute atomic E-state index is 0.0256. The van der Waals surface area contributed by atoms with Crippen LogP contribution in [0.25, 0.3) is 10.1 Å². The maximum absolute atomic E-state index is 12.7. The van der Waals surface area contributed by atoms with Crippen molar-refractivity contribution in [2.45, 2.75) is 37.4 Å². The molecular formula is C22H21N3O2S. The van der Waals surface area contributed by atoms with Gasteiger partial charge < -0.3 is 16.0 Å². The molecule has 2 bridgehead atoms. The van der Waals surface area contributed by atoms with Crippen molar-refractivity contribution in [1.29, 1.82) is 0 Å². The number of hydrogen-bond donors (Lipinski definition) is 3. The minimum atomic E-state index is -0.131. The average Bonchev–Trinajstić information content (AvgIpc) is 3.43. The molecule has 3 N–H and O–H groups in total. The van der Waals surface area contributed by atoms with Crippen molar-refractivity contribution in [2.75, 3.05) is 5.32 Å². The molecule has 5 rings (SSSR count). The highest BCUT2D eigenvalue weighted by Crippen LogP contribution is 2.31. The molecule has 3 heterocycles. The number of fused-ring (bicyclic) bond motifs is 3. The van der Waals surface area contributed by atoms with Crippen LogP contribution >= 0.6 is 11.3 Å². The van der Waals surface area contributed by atoms with Gasteiger partial charge in [-0.3, -0.25) is 9.59 Å². The first kappa shape index (κ1) is 17.4. The Kier molecular flexibility index (Phi) is 4.37. The highest BCUT2D eigenvalue weighted by atomic mass is 32.1. The van der Waals surface area contributed by atoms with Crippen molar-refractivity contribution in [3.05, 3.63) is 65.7 Å². The van der Waals surface area contributed by atoms with Gasteiger partial charge >= 0.3 is 0 Å². The van der Waals surface area contributed by atoms with Crippen LogP contribution in [0.2, 0.25) is 0 Å². The number of thiophene rings is 1. The largest absolute Gasteiger partial charge is 0.348 e. The molecule has 0 unspecified atom stereocenters. The molecule has 28 heavy (non-hydrogen) atoms. The molecule has 3 aromatic rings. The number of benzene rings is 2. The maximum atomic E-state index is 12.7. The number of nitrogens with one attached hydrogen (secondary N) is 3. The van der Waals surface area contributed by atoms with Gasteiger partial charge in [0.25, 0.3) is 11.8 Å². The summed E-state index contributed by atoms with van der Waals surface area (Å²) in [5.41, 5.74) is 1.29. The van der Waals surface area contributed by atoms with Gasteiger partial charge in [0.2, 0.25) is 0 Å². The summed E-state index contributed by atoms with van der Waals surface area (Å²) in [5.74, 6) is -0.156. The first-order chi connectivity index (χ1) is 13.7. The molecule has 2 aromatic carbocycles. The highest BCUT2D eigenvalue weighted by Gasteiger charge is 2.39. The molecule has 5 nitrogen and oxygen atoms in total. The summed E-state index contributed by atoms with van der Waals surface area (Å²) in [5, 5.41) is 11.4. The number of carbonyl (C=O) groups is 2. The van der Waals surface area contributed by atoms with Crippen LogP contribution in [-0.2, 0) is 0 Å². The predicted octanol–water partition coefficient (Wildman–Crippen LogP) is 3.78. The van der Waals surface area contributed by atoms with E-state index in [9.17, 15) is 9.59 Å². The first-order valence-electron chi connectivity index (χ1n) is 9.62. The number of carbonyl (C=O) groups excluding carboxylic acids is 2. The molecule has 2 aliphatic heterocycles. The highest BCUT2D eigenvalue weighted by molar-refractivity contribution is 7.23. The molecule has 2 saturated heterocycles. The average molecular weight is 391 g/mol. The minimum Gasteiger partial charge on any atom is -0.348 e. The van der Waals surface area contributed by atoms with Gasteiger partial charge in [0.05, 0.1) is 5.00 Å². The predicted molar refractivity (Wildman–Crippen MR) is 112 cm³/mol. The second-order valence-electron chi connectivity index (χ2n) is 7.55. The lowest BCUT2D eigenvalue weighted by atomic mass is 9.95. The zero-order valence-corrected chi connectivity index (χ0v) is 16.1. The van der Waals surface area contributed by atoms with E-state index in [1.54, 1.807) is 12.1 Å². The van der Waals surface area contributed by atoms with E-state index < -0.39 is 0 Å².